The molecule has 0 unspecified atom stereocenters. The molecule has 2 N–H and O–H groups in total. The van der Waals surface area contributed by atoms with Gasteiger partial charge in [0.2, 0.25) is 5.88 Å². The van der Waals surface area contributed by atoms with Gasteiger partial charge in [-0.3, -0.25) is 4.98 Å². The number of ether oxygens (including phenoxy) is 1. The molecule has 1 aromatic heterocycles. The number of aromatic nitrogens is 2. The molecule has 0 saturated carbocycles. The quantitative estimate of drug-likeness (QED) is 0.934. The zero-order valence-electron chi connectivity index (χ0n) is 10.9. The first kappa shape index (κ1) is 14.0. The third kappa shape index (κ3) is 3.52. The van der Waals surface area contributed by atoms with Gasteiger partial charge >= 0.3 is 0 Å². The Morgan fingerprint density at radius 1 is 1.26 bits per heavy atom. The summed E-state index contributed by atoms with van der Waals surface area (Å²) in [5.74, 6) is 1.64. The minimum Gasteiger partial charge on any atom is -0.437 e. The predicted molar refractivity (Wildman–Crippen MR) is 78.2 cm³/mol. The van der Waals surface area contributed by atoms with Crippen molar-refractivity contribution in [3.8, 4) is 11.6 Å². The first-order valence-electron chi connectivity index (χ1n) is 6.08. The summed E-state index contributed by atoms with van der Waals surface area (Å²) in [5.41, 5.74) is 7.35. The highest BCUT2D eigenvalue weighted by Gasteiger charge is 2.10. The summed E-state index contributed by atoms with van der Waals surface area (Å²) in [6.45, 7) is 4.62. The molecule has 0 bridgehead atoms. The Morgan fingerprint density at radius 3 is 2.63 bits per heavy atom. The SMILES string of the molecule is CC(C)c1cc(Br)ccc1Oc1cnc(CN)cn1. The van der Waals surface area contributed by atoms with E-state index in [-0.39, 0.29) is 0 Å². The van der Waals surface area contributed by atoms with E-state index in [9.17, 15) is 0 Å². The number of hydrogen-bond donors (Lipinski definition) is 1. The lowest BCUT2D eigenvalue weighted by atomic mass is 10.0. The summed E-state index contributed by atoms with van der Waals surface area (Å²) < 4.78 is 6.83. The maximum Gasteiger partial charge on any atom is 0.237 e. The van der Waals surface area contributed by atoms with Crippen LogP contribution in [0.5, 0.6) is 11.6 Å². The molecule has 0 spiro atoms. The van der Waals surface area contributed by atoms with Gasteiger partial charge in [0.15, 0.2) is 0 Å². The third-order valence-corrected chi connectivity index (χ3v) is 3.19. The Labute approximate surface area is 121 Å². The fourth-order valence-corrected chi connectivity index (χ4v) is 2.06. The summed E-state index contributed by atoms with van der Waals surface area (Å²) in [6, 6.07) is 5.93. The maximum atomic E-state index is 5.79. The van der Waals surface area contributed by atoms with Crippen molar-refractivity contribution in [1.82, 2.24) is 9.97 Å². The van der Waals surface area contributed by atoms with Crippen LogP contribution >= 0.6 is 15.9 Å². The minimum absolute atomic E-state index is 0.365. The van der Waals surface area contributed by atoms with E-state index in [0.717, 1.165) is 21.5 Å². The summed E-state index contributed by atoms with van der Waals surface area (Å²) in [7, 11) is 0. The molecule has 5 heteroatoms. The van der Waals surface area contributed by atoms with Crippen molar-refractivity contribution in [2.45, 2.75) is 26.3 Å². The lowest BCUT2D eigenvalue weighted by Crippen LogP contribution is -2.01. The van der Waals surface area contributed by atoms with Gasteiger partial charge in [-0.1, -0.05) is 29.8 Å². The lowest BCUT2D eigenvalue weighted by molar-refractivity contribution is 0.451. The topological polar surface area (TPSA) is 61.0 Å². The molecule has 0 radical (unpaired) electrons. The van der Waals surface area contributed by atoms with Crippen LogP contribution < -0.4 is 10.5 Å². The molecule has 1 heterocycles. The van der Waals surface area contributed by atoms with Crippen molar-refractivity contribution in [2.24, 2.45) is 5.73 Å². The number of hydrogen-bond acceptors (Lipinski definition) is 4. The van der Waals surface area contributed by atoms with Gasteiger partial charge in [0.25, 0.3) is 0 Å². The monoisotopic (exact) mass is 321 g/mol. The molecule has 4 nitrogen and oxygen atoms in total. The molecule has 100 valence electrons. The largest absolute Gasteiger partial charge is 0.437 e. The zero-order valence-corrected chi connectivity index (χ0v) is 12.5. The second-order valence-electron chi connectivity index (χ2n) is 4.49. The van der Waals surface area contributed by atoms with Gasteiger partial charge in [-0.05, 0) is 29.7 Å². The molecule has 0 aliphatic rings. The molecule has 19 heavy (non-hydrogen) atoms. The van der Waals surface area contributed by atoms with E-state index in [1.54, 1.807) is 12.4 Å². The normalized spacial score (nSPS) is 10.8. The predicted octanol–water partition coefficient (Wildman–Crippen LogP) is 3.61. The van der Waals surface area contributed by atoms with Crippen LogP contribution in [0.4, 0.5) is 0 Å². The fourth-order valence-electron chi connectivity index (χ4n) is 1.68. The molecule has 0 aliphatic heterocycles. The molecule has 0 amide bonds. The van der Waals surface area contributed by atoms with Gasteiger partial charge < -0.3 is 10.5 Å². The third-order valence-electron chi connectivity index (χ3n) is 2.70. The second-order valence-corrected chi connectivity index (χ2v) is 5.40. The van der Waals surface area contributed by atoms with E-state index in [0.29, 0.717) is 18.3 Å². The van der Waals surface area contributed by atoms with Crippen LogP contribution in [-0.2, 0) is 6.54 Å². The molecule has 0 saturated heterocycles. The van der Waals surface area contributed by atoms with Crippen LogP contribution in [0.25, 0.3) is 0 Å². The van der Waals surface area contributed by atoms with E-state index in [1.807, 2.05) is 12.1 Å². The molecular formula is C14H16BrN3O. The van der Waals surface area contributed by atoms with Crippen LogP contribution in [-0.4, -0.2) is 9.97 Å². The van der Waals surface area contributed by atoms with Crippen molar-refractivity contribution >= 4 is 15.9 Å². The highest BCUT2D eigenvalue weighted by molar-refractivity contribution is 9.10. The Kier molecular flexibility index (Phi) is 4.50. The maximum absolute atomic E-state index is 5.79. The van der Waals surface area contributed by atoms with Crippen LogP contribution in [0.2, 0.25) is 0 Å². The first-order valence-corrected chi connectivity index (χ1v) is 6.87. The van der Waals surface area contributed by atoms with Crippen molar-refractivity contribution in [3.05, 3.63) is 46.3 Å². The van der Waals surface area contributed by atoms with E-state index in [4.69, 9.17) is 10.5 Å². The van der Waals surface area contributed by atoms with E-state index < -0.39 is 0 Å². The highest BCUT2D eigenvalue weighted by atomic mass is 79.9. The van der Waals surface area contributed by atoms with E-state index >= 15 is 0 Å². The average Bonchev–Trinajstić information content (AvgIpc) is 2.41. The van der Waals surface area contributed by atoms with Gasteiger partial charge in [-0.2, -0.15) is 0 Å². The molecule has 1 aromatic carbocycles. The summed E-state index contributed by atoms with van der Waals surface area (Å²) >= 11 is 3.47. The fraction of sp³-hybridized carbons (Fsp3) is 0.286. The Morgan fingerprint density at radius 2 is 2.05 bits per heavy atom. The van der Waals surface area contributed by atoms with Crippen molar-refractivity contribution in [2.75, 3.05) is 0 Å². The van der Waals surface area contributed by atoms with Crippen molar-refractivity contribution in [1.29, 1.82) is 0 Å². The van der Waals surface area contributed by atoms with Crippen LogP contribution in [0, 0.1) is 0 Å². The van der Waals surface area contributed by atoms with Crippen LogP contribution in [0.1, 0.15) is 31.0 Å². The lowest BCUT2D eigenvalue weighted by Gasteiger charge is -2.13. The highest BCUT2D eigenvalue weighted by Crippen LogP contribution is 2.31. The van der Waals surface area contributed by atoms with E-state index in [1.165, 1.54) is 0 Å². The van der Waals surface area contributed by atoms with Gasteiger partial charge in [-0.25, -0.2) is 4.98 Å². The Hall–Kier alpha value is -1.46. The molecular weight excluding hydrogens is 306 g/mol. The zero-order chi connectivity index (χ0) is 13.8. The Bertz CT molecular complexity index is 555. The van der Waals surface area contributed by atoms with Crippen molar-refractivity contribution < 1.29 is 4.74 Å². The number of rotatable bonds is 4. The Balaban J connectivity index is 2.26. The smallest absolute Gasteiger partial charge is 0.237 e. The molecule has 2 aromatic rings. The number of nitrogens with zero attached hydrogens (tertiary/aromatic N) is 2. The van der Waals surface area contributed by atoms with E-state index in [2.05, 4.69) is 45.8 Å². The molecule has 0 fully saturated rings. The summed E-state index contributed by atoms with van der Waals surface area (Å²) in [6.07, 6.45) is 3.22. The van der Waals surface area contributed by atoms with Gasteiger partial charge in [0.05, 0.1) is 18.1 Å². The van der Waals surface area contributed by atoms with Gasteiger partial charge in [0.1, 0.15) is 5.75 Å². The van der Waals surface area contributed by atoms with Gasteiger partial charge in [-0.15, -0.1) is 0 Å². The molecule has 0 atom stereocenters. The minimum atomic E-state index is 0.365. The molecule has 2 rings (SSSR count). The van der Waals surface area contributed by atoms with Crippen molar-refractivity contribution in [3.63, 3.8) is 0 Å². The average molecular weight is 322 g/mol. The molecule has 0 aliphatic carbocycles. The first-order chi connectivity index (χ1) is 9.10. The standard InChI is InChI=1S/C14H16BrN3O/c1-9(2)12-5-10(15)3-4-13(12)19-14-8-17-11(6-16)7-18-14/h3-5,7-9H,6,16H2,1-2H3. The second kappa shape index (κ2) is 6.12. The number of benzene rings is 1. The van der Waals surface area contributed by atoms with Crippen LogP contribution in [0.3, 0.4) is 0 Å². The summed E-state index contributed by atoms with van der Waals surface area (Å²) in [4.78, 5) is 8.35. The van der Waals surface area contributed by atoms with Gasteiger partial charge in [0, 0.05) is 11.0 Å². The summed E-state index contributed by atoms with van der Waals surface area (Å²) in [5, 5.41) is 0. The van der Waals surface area contributed by atoms with Crippen LogP contribution in [0.15, 0.2) is 35.1 Å². The number of nitrogens with two attached hydrogens (primary N) is 1. The number of halogens is 1.